The quantitative estimate of drug-likeness (QED) is 0.654. The Morgan fingerprint density at radius 3 is 2.50 bits per heavy atom. The summed E-state index contributed by atoms with van der Waals surface area (Å²) in [4.78, 5) is 0. The normalized spacial score (nSPS) is 9.75. The van der Waals surface area contributed by atoms with Crippen molar-refractivity contribution < 1.29 is 14.2 Å². The fourth-order valence-corrected chi connectivity index (χ4v) is 1.56. The van der Waals surface area contributed by atoms with Crippen molar-refractivity contribution in [3.05, 3.63) is 22.7 Å². The van der Waals surface area contributed by atoms with E-state index in [-0.39, 0.29) is 5.90 Å². The van der Waals surface area contributed by atoms with E-state index in [1.165, 1.54) is 14.2 Å². The molecule has 0 radical (unpaired) electrons. The summed E-state index contributed by atoms with van der Waals surface area (Å²) in [5.74, 6) is 0.997. The van der Waals surface area contributed by atoms with Gasteiger partial charge in [0.25, 0.3) is 0 Å². The zero-order chi connectivity index (χ0) is 12.1. The third kappa shape index (κ3) is 2.58. The molecule has 0 spiro atoms. The minimum atomic E-state index is 0.0605. The van der Waals surface area contributed by atoms with Gasteiger partial charge in [-0.3, -0.25) is 5.41 Å². The van der Waals surface area contributed by atoms with Crippen LogP contribution in [0.1, 0.15) is 12.5 Å². The lowest BCUT2D eigenvalue weighted by molar-refractivity contribution is 0.324. The van der Waals surface area contributed by atoms with Crippen LogP contribution in [0, 0.1) is 5.41 Å². The van der Waals surface area contributed by atoms with E-state index in [9.17, 15) is 0 Å². The van der Waals surface area contributed by atoms with Crippen LogP contribution in [0.4, 0.5) is 0 Å². The Balaban J connectivity index is 3.15. The minimum absolute atomic E-state index is 0.0605. The van der Waals surface area contributed by atoms with Gasteiger partial charge in [-0.25, -0.2) is 0 Å². The highest BCUT2D eigenvalue weighted by molar-refractivity contribution is 6.32. The first-order valence-corrected chi connectivity index (χ1v) is 5.15. The van der Waals surface area contributed by atoms with Gasteiger partial charge in [0, 0.05) is 5.56 Å². The summed E-state index contributed by atoms with van der Waals surface area (Å²) in [5, 5.41) is 8.04. The van der Waals surface area contributed by atoms with Gasteiger partial charge in [-0.05, 0) is 19.1 Å². The maximum absolute atomic E-state index is 7.65. The number of rotatable bonds is 4. The maximum Gasteiger partial charge on any atom is 0.213 e. The number of hydrogen-bond acceptors (Lipinski definition) is 4. The standard InChI is InChI=1S/C11H14ClNO3/c1-4-16-11(13)7-5-8(12)10(15-3)9(6-7)14-2/h5-6,13H,4H2,1-3H3. The summed E-state index contributed by atoms with van der Waals surface area (Å²) in [6.07, 6.45) is 0. The Labute approximate surface area is 99.6 Å². The lowest BCUT2D eigenvalue weighted by Gasteiger charge is -2.12. The fourth-order valence-electron chi connectivity index (χ4n) is 1.28. The van der Waals surface area contributed by atoms with E-state index in [1.54, 1.807) is 12.1 Å². The molecule has 4 nitrogen and oxygen atoms in total. The highest BCUT2D eigenvalue weighted by Gasteiger charge is 2.13. The predicted octanol–water partition coefficient (Wildman–Crippen LogP) is 2.72. The van der Waals surface area contributed by atoms with Crippen LogP contribution in [0.15, 0.2) is 12.1 Å². The smallest absolute Gasteiger partial charge is 0.213 e. The second-order valence-corrected chi connectivity index (χ2v) is 3.36. The molecule has 0 aliphatic rings. The van der Waals surface area contributed by atoms with Gasteiger partial charge in [-0.1, -0.05) is 11.6 Å². The largest absolute Gasteiger partial charge is 0.493 e. The molecule has 1 rings (SSSR count). The van der Waals surface area contributed by atoms with E-state index < -0.39 is 0 Å². The summed E-state index contributed by atoms with van der Waals surface area (Å²) < 4.78 is 15.3. The van der Waals surface area contributed by atoms with E-state index in [1.807, 2.05) is 6.92 Å². The van der Waals surface area contributed by atoms with Crippen molar-refractivity contribution in [2.75, 3.05) is 20.8 Å². The number of nitrogens with one attached hydrogen (secondary N) is 1. The molecule has 88 valence electrons. The molecular weight excluding hydrogens is 230 g/mol. The zero-order valence-electron chi connectivity index (χ0n) is 9.46. The van der Waals surface area contributed by atoms with Gasteiger partial charge < -0.3 is 14.2 Å². The number of benzene rings is 1. The molecule has 0 aliphatic heterocycles. The highest BCUT2D eigenvalue weighted by atomic mass is 35.5. The number of methoxy groups -OCH3 is 2. The summed E-state index contributed by atoms with van der Waals surface area (Å²) in [6, 6.07) is 3.27. The maximum atomic E-state index is 7.65. The molecule has 0 bridgehead atoms. The Hall–Kier alpha value is -1.42. The van der Waals surface area contributed by atoms with Crippen molar-refractivity contribution in [3.8, 4) is 11.5 Å². The molecule has 0 aliphatic carbocycles. The minimum Gasteiger partial charge on any atom is -0.493 e. The summed E-state index contributed by atoms with van der Waals surface area (Å²) in [5.41, 5.74) is 0.560. The molecule has 1 aromatic rings. The van der Waals surface area contributed by atoms with Gasteiger partial charge in [0.05, 0.1) is 25.8 Å². The second kappa shape index (κ2) is 5.61. The monoisotopic (exact) mass is 243 g/mol. The van der Waals surface area contributed by atoms with Crippen molar-refractivity contribution in [2.24, 2.45) is 0 Å². The second-order valence-electron chi connectivity index (χ2n) is 2.96. The Morgan fingerprint density at radius 1 is 1.31 bits per heavy atom. The van der Waals surface area contributed by atoms with Gasteiger partial charge in [-0.15, -0.1) is 0 Å². The highest BCUT2D eigenvalue weighted by Crippen LogP contribution is 2.36. The average molecular weight is 244 g/mol. The van der Waals surface area contributed by atoms with Gasteiger partial charge >= 0.3 is 0 Å². The lowest BCUT2D eigenvalue weighted by atomic mass is 10.2. The van der Waals surface area contributed by atoms with Crippen LogP contribution in [-0.4, -0.2) is 26.7 Å². The molecule has 0 fully saturated rings. The molecular formula is C11H14ClNO3. The van der Waals surface area contributed by atoms with Gasteiger partial charge in [0.2, 0.25) is 5.90 Å². The van der Waals surface area contributed by atoms with Crippen molar-refractivity contribution in [2.45, 2.75) is 6.92 Å². The third-order valence-electron chi connectivity index (χ3n) is 1.98. The zero-order valence-corrected chi connectivity index (χ0v) is 10.2. The van der Waals surface area contributed by atoms with Crippen molar-refractivity contribution >= 4 is 17.5 Å². The van der Waals surface area contributed by atoms with Crippen LogP contribution >= 0.6 is 11.6 Å². The van der Waals surface area contributed by atoms with E-state index in [2.05, 4.69) is 0 Å². The van der Waals surface area contributed by atoms with Crippen LogP contribution in [0.3, 0.4) is 0 Å². The first-order chi connectivity index (χ1) is 7.63. The summed E-state index contributed by atoms with van der Waals surface area (Å²) in [6.45, 7) is 2.25. The molecule has 0 atom stereocenters. The van der Waals surface area contributed by atoms with Crippen LogP contribution < -0.4 is 9.47 Å². The molecule has 1 N–H and O–H groups in total. The summed E-state index contributed by atoms with van der Waals surface area (Å²) >= 11 is 6.00. The van der Waals surface area contributed by atoms with E-state index in [0.29, 0.717) is 28.7 Å². The average Bonchev–Trinajstić information content (AvgIpc) is 2.28. The van der Waals surface area contributed by atoms with Crippen LogP contribution in [-0.2, 0) is 4.74 Å². The summed E-state index contributed by atoms with van der Waals surface area (Å²) in [7, 11) is 3.03. The van der Waals surface area contributed by atoms with Crippen LogP contribution in [0.25, 0.3) is 0 Å². The van der Waals surface area contributed by atoms with Gasteiger partial charge in [-0.2, -0.15) is 0 Å². The van der Waals surface area contributed by atoms with Crippen molar-refractivity contribution in [1.29, 1.82) is 5.41 Å². The molecule has 0 amide bonds. The van der Waals surface area contributed by atoms with Gasteiger partial charge in [0.1, 0.15) is 0 Å². The topological polar surface area (TPSA) is 51.5 Å². The van der Waals surface area contributed by atoms with Gasteiger partial charge in [0.15, 0.2) is 11.5 Å². The van der Waals surface area contributed by atoms with Crippen LogP contribution in [0.5, 0.6) is 11.5 Å². The number of hydrogen-bond donors (Lipinski definition) is 1. The molecule has 0 saturated carbocycles. The predicted molar refractivity (Wildman–Crippen MR) is 63.0 cm³/mol. The lowest BCUT2D eigenvalue weighted by Crippen LogP contribution is -2.05. The molecule has 0 unspecified atom stereocenters. The molecule has 0 aromatic heterocycles. The Kier molecular flexibility index (Phi) is 4.43. The number of ether oxygens (including phenoxy) is 3. The van der Waals surface area contributed by atoms with Crippen LogP contribution in [0.2, 0.25) is 5.02 Å². The Morgan fingerprint density at radius 2 is 2.00 bits per heavy atom. The molecule has 16 heavy (non-hydrogen) atoms. The van der Waals surface area contributed by atoms with E-state index >= 15 is 0 Å². The Bertz CT molecular complexity index is 393. The first kappa shape index (κ1) is 12.6. The van der Waals surface area contributed by atoms with E-state index in [0.717, 1.165) is 0 Å². The van der Waals surface area contributed by atoms with Crippen molar-refractivity contribution in [1.82, 2.24) is 0 Å². The molecule has 0 heterocycles. The molecule has 1 aromatic carbocycles. The first-order valence-electron chi connectivity index (χ1n) is 4.77. The molecule has 5 heteroatoms. The SMILES string of the molecule is CCOC(=N)c1cc(Cl)c(OC)c(OC)c1. The fraction of sp³-hybridized carbons (Fsp3) is 0.364. The molecule has 0 saturated heterocycles. The van der Waals surface area contributed by atoms with Crippen molar-refractivity contribution in [3.63, 3.8) is 0 Å². The third-order valence-corrected chi connectivity index (χ3v) is 2.27. The number of halogens is 1. The van der Waals surface area contributed by atoms with E-state index in [4.69, 9.17) is 31.2 Å².